The molecule has 1 aromatic rings. The van der Waals surface area contributed by atoms with Crippen molar-refractivity contribution in [2.45, 2.75) is 25.7 Å². The second-order valence-corrected chi connectivity index (χ2v) is 6.09. The van der Waals surface area contributed by atoms with Gasteiger partial charge < -0.3 is 0 Å². The predicted octanol–water partition coefficient (Wildman–Crippen LogP) is 2.24. The first-order valence-corrected chi connectivity index (χ1v) is 6.71. The highest BCUT2D eigenvalue weighted by Crippen LogP contribution is 2.17. The van der Waals surface area contributed by atoms with Crippen LogP contribution in [-0.2, 0) is 9.84 Å². The number of aryl methyl sites for hydroxylation is 2. The summed E-state index contributed by atoms with van der Waals surface area (Å²) < 4.78 is 23.8. The van der Waals surface area contributed by atoms with Gasteiger partial charge in [-0.15, -0.1) is 0 Å². The molecule has 86 valence electrons. The molecule has 3 nitrogen and oxygen atoms in total. The zero-order chi connectivity index (χ0) is 12.3. The molecule has 0 spiro atoms. The Bertz CT molecular complexity index is 526. The number of hydrogen-bond acceptors (Lipinski definition) is 3. The van der Waals surface area contributed by atoms with Crippen molar-refractivity contribution in [2.24, 2.45) is 5.92 Å². The zero-order valence-corrected chi connectivity index (χ0v) is 10.5. The van der Waals surface area contributed by atoms with Crippen LogP contribution >= 0.6 is 0 Å². The van der Waals surface area contributed by atoms with E-state index in [4.69, 9.17) is 5.26 Å². The molecule has 0 N–H and O–H groups in total. The quantitative estimate of drug-likeness (QED) is 0.810. The zero-order valence-electron chi connectivity index (χ0n) is 9.69. The van der Waals surface area contributed by atoms with Crippen molar-refractivity contribution < 1.29 is 8.42 Å². The summed E-state index contributed by atoms with van der Waals surface area (Å²) in [6.07, 6.45) is 0. The Labute approximate surface area is 96.6 Å². The van der Waals surface area contributed by atoms with Crippen LogP contribution in [0.25, 0.3) is 0 Å². The second kappa shape index (κ2) is 4.67. The molecule has 0 bridgehead atoms. The first-order valence-electron chi connectivity index (χ1n) is 5.06. The van der Waals surface area contributed by atoms with Gasteiger partial charge in [-0.1, -0.05) is 6.07 Å². The Morgan fingerprint density at radius 3 is 2.44 bits per heavy atom. The van der Waals surface area contributed by atoms with Crippen molar-refractivity contribution in [2.75, 3.05) is 5.75 Å². The van der Waals surface area contributed by atoms with Gasteiger partial charge in [0.25, 0.3) is 0 Å². The highest BCUT2D eigenvalue weighted by atomic mass is 32.2. The molecule has 16 heavy (non-hydrogen) atoms. The van der Waals surface area contributed by atoms with E-state index in [-0.39, 0.29) is 5.75 Å². The number of sulfone groups is 1. The van der Waals surface area contributed by atoms with E-state index in [1.807, 2.05) is 19.9 Å². The molecular formula is C12H15NO2S. The standard InChI is InChI=1S/C12H15NO2S/c1-9(7-13)8-16(14,15)12-5-4-10(2)11(3)6-12/h4-6,9H,8H2,1-3H3. The molecule has 0 fully saturated rings. The molecule has 4 heteroatoms. The van der Waals surface area contributed by atoms with E-state index < -0.39 is 15.8 Å². The second-order valence-electron chi connectivity index (χ2n) is 4.06. The van der Waals surface area contributed by atoms with E-state index in [0.717, 1.165) is 11.1 Å². The maximum Gasteiger partial charge on any atom is 0.179 e. The van der Waals surface area contributed by atoms with Crippen molar-refractivity contribution >= 4 is 9.84 Å². The van der Waals surface area contributed by atoms with Crippen molar-refractivity contribution in [1.82, 2.24) is 0 Å². The van der Waals surface area contributed by atoms with Crippen molar-refractivity contribution in [1.29, 1.82) is 5.26 Å². The van der Waals surface area contributed by atoms with Crippen LogP contribution < -0.4 is 0 Å². The third kappa shape index (κ3) is 2.83. The molecule has 1 rings (SSSR count). The highest BCUT2D eigenvalue weighted by molar-refractivity contribution is 7.91. The number of nitrogens with zero attached hydrogens (tertiary/aromatic N) is 1. The van der Waals surface area contributed by atoms with Crippen molar-refractivity contribution in [3.05, 3.63) is 29.3 Å². The van der Waals surface area contributed by atoms with Gasteiger partial charge in [-0.3, -0.25) is 0 Å². The molecule has 1 unspecified atom stereocenters. The molecular weight excluding hydrogens is 222 g/mol. The third-order valence-electron chi connectivity index (χ3n) is 2.53. The molecule has 0 aliphatic carbocycles. The summed E-state index contributed by atoms with van der Waals surface area (Å²) in [6, 6.07) is 6.99. The number of hydrogen-bond donors (Lipinski definition) is 0. The average molecular weight is 237 g/mol. The Balaban J connectivity index is 3.09. The average Bonchev–Trinajstić information content (AvgIpc) is 2.21. The molecule has 0 saturated carbocycles. The molecule has 0 amide bonds. The smallest absolute Gasteiger partial charge is 0.179 e. The predicted molar refractivity (Wildman–Crippen MR) is 62.7 cm³/mol. The van der Waals surface area contributed by atoms with Crippen molar-refractivity contribution in [3.8, 4) is 6.07 Å². The van der Waals surface area contributed by atoms with Gasteiger partial charge in [-0.2, -0.15) is 5.26 Å². The highest BCUT2D eigenvalue weighted by Gasteiger charge is 2.18. The van der Waals surface area contributed by atoms with Crippen molar-refractivity contribution in [3.63, 3.8) is 0 Å². The maximum absolute atomic E-state index is 11.9. The van der Waals surface area contributed by atoms with Gasteiger partial charge in [0, 0.05) is 0 Å². The number of benzene rings is 1. The van der Waals surface area contributed by atoms with Gasteiger partial charge in [0.2, 0.25) is 0 Å². The fourth-order valence-corrected chi connectivity index (χ4v) is 2.93. The summed E-state index contributed by atoms with van der Waals surface area (Å²) in [6.45, 7) is 5.42. The van der Waals surface area contributed by atoms with E-state index >= 15 is 0 Å². The van der Waals surface area contributed by atoms with Crippen LogP contribution in [0.5, 0.6) is 0 Å². The molecule has 0 heterocycles. The van der Waals surface area contributed by atoms with Gasteiger partial charge in [0.1, 0.15) is 0 Å². The summed E-state index contributed by atoms with van der Waals surface area (Å²) in [4.78, 5) is 0.303. The first-order chi connectivity index (χ1) is 7.36. The SMILES string of the molecule is Cc1ccc(S(=O)(=O)CC(C)C#N)cc1C. The molecule has 0 aliphatic rings. The Hall–Kier alpha value is -1.34. The Morgan fingerprint density at radius 1 is 1.31 bits per heavy atom. The van der Waals surface area contributed by atoms with E-state index in [1.54, 1.807) is 25.1 Å². The first kappa shape index (κ1) is 12.7. The summed E-state index contributed by atoms with van der Waals surface area (Å²) in [7, 11) is -3.33. The summed E-state index contributed by atoms with van der Waals surface area (Å²) in [5.74, 6) is -0.599. The largest absolute Gasteiger partial charge is 0.224 e. The minimum absolute atomic E-state index is 0.119. The van der Waals surface area contributed by atoms with Crippen LogP contribution in [0.4, 0.5) is 0 Å². The molecule has 0 radical (unpaired) electrons. The monoisotopic (exact) mass is 237 g/mol. The van der Waals surface area contributed by atoms with Gasteiger partial charge in [-0.25, -0.2) is 8.42 Å². The Morgan fingerprint density at radius 2 is 1.94 bits per heavy atom. The molecule has 0 saturated heterocycles. The maximum atomic E-state index is 11.9. The summed E-state index contributed by atoms with van der Waals surface area (Å²) >= 11 is 0. The van der Waals surface area contributed by atoms with Crippen LogP contribution in [0.2, 0.25) is 0 Å². The van der Waals surface area contributed by atoms with E-state index in [9.17, 15) is 8.42 Å². The Kier molecular flexibility index (Phi) is 3.71. The number of nitriles is 1. The third-order valence-corrected chi connectivity index (χ3v) is 4.44. The minimum Gasteiger partial charge on any atom is -0.224 e. The molecule has 1 aromatic carbocycles. The van der Waals surface area contributed by atoms with E-state index in [0.29, 0.717) is 4.90 Å². The topological polar surface area (TPSA) is 57.9 Å². The van der Waals surface area contributed by atoms with Crippen LogP contribution in [0, 0.1) is 31.1 Å². The lowest BCUT2D eigenvalue weighted by Crippen LogP contribution is -2.13. The normalized spacial score (nSPS) is 13.1. The van der Waals surface area contributed by atoms with Gasteiger partial charge in [0.15, 0.2) is 9.84 Å². The van der Waals surface area contributed by atoms with Gasteiger partial charge in [-0.05, 0) is 44.0 Å². The van der Waals surface area contributed by atoms with Gasteiger partial charge >= 0.3 is 0 Å². The van der Waals surface area contributed by atoms with Crippen LogP contribution in [0.1, 0.15) is 18.1 Å². The van der Waals surface area contributed by atoms with Crippen LogP contribution in [-0.4, -0.2) is 14.2 Å². The van der Waals surface area contributed by atoms with Gasteiger partial charge in [0.05, 0.1) is 22.6 Å². The molecule has 0 aromatic heterocycles. The van der Waals surface area contributed by atoms with Crippen LogP contribution in [0.3, 0.4) is 0 Å². The fourth-order valence-electron chi connectivity index (χ4n) is 1.37. The van der Waals surface area contributed by atoms with E-state index in [1.165, 1.54) is 0 Å². The molecule has 0 aliphatic heterocycles. The lowest BCUT2D eigenvalue weighted by Gasteiger charge is -2.07. The lowest BCUT2D eigenvalue weighted by atomic mass is 10.1. The summed E-state index contributed by atoms with van der Waals surface area (Å²) in [5, 5.41) is 8.63. The molecule has 1 atom stereocenters. The van der Waals surface area contributed by atoms with E-state index in [2.05, 4.69) is 0 Å². The summed E-state index contributed by atoms with van der Waals surface area (Å²) in [5.41, 5.74) is 2.01. The lowest BCUT2D eigenvalue weighted by molar-refractivity contribution is 0.589. The van der Waals surface area contributed by atoms with Crippen LogP contribution in [0.15, 0.2) is 23.1 Å². The fraction of sp³-hybridized carbons (Fsp3) is 0.417. The number of rotatable bonds is 3. The minimum atomic E-state index is -3.33.